The van der Waals surface area contributed by atoms with Crippen molar-refractivity contribution >= 4 is 0 Å². The van der Waals surface area contributed by atoms with E-state index in [0.29, 0.717) is 0 Å². The molecule has 0 N–H and O–H groups in total. The third kappa shape index (κ3) is 19.2. The number of rotatable bonds is 26. The second-order valence-corrected chi connectivity index (χ2v) is 12.1. The lowest BCUT2D eigenvalue weighted by atomic mass is 10.0. The third-order valence-corrected chi connectivity index (χ3v) is 8.74. The molecule has 1 aliphatic rings. The molecule has 1 rings (SSSR count). The van der Waals surface area contributed by atoms with Gasteiger partial charge in [-0.2, -0.15) is 0 Å². The predicted molar refractivity (Wildman–Crippen MR) is 156 cm³/mol. The van der Waals surface area contributed by atoms with E-state index in [1.54, 1.807) is 0 Å². The van der Waals surface area contributed by atoms with Crippen LogP contribution in [-0.4, -0.2) is 30.7 Å². The summed E-state index contributed by atoms with van der Waals surface area (Å²) in [6, 6.07) is 0. The zero-order valence-electron chi connectivity index (χ0n) is 24.4. The van der Waals surface area contributed by atoms with Gasteiger partial charge in [-0.25, -0.2) is 0 Å². The first kappa shape index (κ1) is 32.0. The fourth-order valence-electron chi connectivity index (χ4n) is 6.32. The fraction of sp³-hybridized carbons (Fsp3) is 1.00. The smallest absolute Gasteiger partial charge is 0.0786 e. The van der Waals surface area contributed by atoms with E-state index >= 15 is 0 Å². The van der Waals surface area contributed by atoms with Gasteiger partial charge in [-0.15, -0.1) is 0 Å². The fourth-order valence-corrected chi connectivity index (χ4v) is 6.32. The van der Waals surface area contributed by atoms with Crippen molar-refractivity contribution in [3.05, 3.63) is 0 Å². The van der Waals surface area contributed by atoms with Gasteiger partial charge in [-0.3, -0.25) is 0 Å². The number of nitrogens with zero attached hydrogens (tertiary/aromatic N) is 1. The molecule has 1 fully saturated rings. The largest absolute Gasteiger partial charge is 0.324 e. The van der Waals surface area contributed by atoms with E-state index in [1.165, 1.54) is 204 Å². The standard InChI is InChI=1S/C33H68N/c1-3-5-7-9-11-13-15-16-17-18-20-22-24-27-31-34(32-28-25-29-33-34)30-26-23-21-19-14-12-10-8-6-4-2/h3-33H2,1-2H3/q+1. The lowest BCUT2D eigenvalue weighted by molar-refractivity contribution is -0.932. The zero-order chi connectivity index (χ0) is 24.4. The second-order valence-electron chi connectivity index (χ2n) is 12.1. The van der Waals surface area contributed by atoms with Crippen LogP contribution in [0, 0.1) is 0 Å². The monoisotopic (exact) mass is 479 g/mol. The molecule has 0 bridgehead atoms. The topological polar surface area (TPSA) is 0 Å². The molecule has 1 aliphatic heterocycles. The minimum absolute atomic E-state index is 1.37. The highest BCUT2D eigenvalue weighted by molar-refractivity contribution is 4.57. The Kier molecular flexibility index (Phi) is 23.2. The lowest BCUT2D eigenvalue weighted by Crippen LogP contribution is -2.52. The van der Waals surface area contributed by atoms with Gasteiger partial charge < -0.3 is 4.48 Å². The number of piperidine rings is 1. The number of unbranched alkanes of at least 4 members (excludes halogenated alkanes) is 22. The van der Waals surface area contributed by atoms with Crippen LogP contribution in [0.2, 0.25) is 0 Å². The maximum Gasteiger partial charge on any atom is 0.0786 e. The van der Waals surface area contributed by atoms with Crippen LogP contribution in [0.25, 0.3) is 0 Å². The summed E-state index contributed by atoms with van der Waals surface area (Å²) >= 11 is 0. The molecular formula is C33H68N+. The average molecular weight is 479 g/mol. The maximum atomic E-state index is 2.32. The summed E-state index contributed by atoms with van der Waals surface area (Å²) < 4.78 is 1.50. The van der Waals surface area contributed by atoms with Gasteiger partial charge in [-0.1, -0.05) is 142 Å². The minimum atomic E-state index is 1.37. The van der Waals surface area contributed by atoms with Gasteiger partial charge in [-0.05, 0) is 44.9 Å². The van der Waals surface area contributed by atoms with Crippen LogP contribution in [0.4, 0.5) is 0 Å². The highest BCUT2D eigenvalue weighted by Gasteiger charge is 2.28. The first-order valence-electron chi connectivity index (χ1n) is 16.7. The summed E-state index contributed by atoms with van der Waals surface area (Å²) in [6.45, 7) is 10.6. The number of quaternary nitrogens is 1. The van der Waals surface area contributed by atoms with Gasteiger partial charge in [0.05, 0.1) is 26.2 Å². The third-order valence-electron chi connectivity index (χ3n) is 8.74. The van der Waals surface area contributed by atoms with E-state index in [4.69, 9.17) is 0 Å². The summed E-state index contributed by atoms with van der Waals surface area (Å²) in [7, 11) is 0. The van der Waals surface area contributed by atoms with Crippen molar-refractivity contribution in [3.63, 3.8) is 0 Å². The van der Waals surface area contributed by atoms with Gasteiger partial charge in [0.15, 0.2) is 0 Å². The number of hydrogen-bond acceptors (Lipinski definition) is 0. The first-order chi connectivity index (χ1) is 16.8. The molecule has 0 amide bonds. The summed E-state index contributed by atoms with van der Waals surface area (Å²) in [6.07, 6.45) is 39.9. The van der Waals surface area contributed by atoms with Crippen LogP contribution in [0.1, 0.15) is 187 Å². The molecule has 1 saturated heterocycles. The molecular weight excluding hydrogens is 410 g/mol. The Labute approximate surface area is 217 Å². The predicted octanol–water partition coefficient (Wildman–Crippen LogP) is 11.4. The van der Waals surface area contributed by atoms with E-state index in [-0.39, 0.29) is 0 Å². The molecule has 0 aromatic rings. The van der Waals surface area contributed by atoms with Gasteiger partial charge in [0.25, 0.3) is 0 Å². The van der Waals surface area contributed by atoms with Crippen molar-refractivity contribution in [2.75, 3.05) is 26.2 Å². The molecule has 0 atom stereocenters. The van der Waals surface area contributed by atoms with E-state index in [9.17, 15) is 0 Å². The van der Waals surface area contributed by atoms with Crippen molar-refractivity contribution in [1.29, 1.82) is 0 Å². The molecule has 0 aromatic heterocycles. The molecule has 1 nitrogen and oxygen atoms in total. The Hall–Kier alpha value is -0.0400. The Balaban J connectivity index is 1.96. The molecule has 1 heteroatoms. The second kappa shape index (κ2) is 24.6. The van der Waals surface area contributed by atoms with Gasteiger partial charge in [0, 0.05) is 0 Å². The maximum absolute atomic E-state index is 2.32. The molecule has 0 spiro atoms. The SMILES string of the molecule is CCCCCCCCCCCCCCCC[N+]1(CCCCCCCCCCCC)CCCCC1. The van der Waals surface area contributed by atoms with Crippen LogP contribution in [0.15, 0.2) is 0 Å². The molecule has 204 valence electrons. The molecule has 0 aliphatic carbocycles. The summed E-state index contributed by atoms with van der Waals surface area (Å²) in [5.41, 5.74) is 0. The van der Waals surface area contributed by atoms with Crippen LogP contribution in [-0.2, 0) is 0 Å². The van der Waals surface area contributed by atoms with E-state index < -0.39 is 0 Å². The summed E-state index contributed by atoms with van der Waals surface area (Å²) in [5.74, 6) is 0. The van der Waals surface area contributed by atoms with Crippen molar-refractivity contribution < 1.29 is 4.48 Å². The lowest BCUT2D eigenvalue weighted by Gasteiger charge is -2.42. The van der Waals surface area contributed by atoms with Crippen molar-refractivity contribution in [1.82, 2.24) is 0 Å². The zero-order valence-corrected chi connectivity index (χ0v) is 24.4. The summed E-state index contributed by atoms with van der Waals surface area (Å²) in [5, 5.41) is 0. The van der Waals surface area contributed by atoms with Crippen molar-refractivity contribution in [2.45, 2.75) is 187 Å². The van der Waals surface area contributed by atoms with Crippen LogP contribution in [0.5, 0.6) is 0 Å². The van der Waals surface area contributed by atoms with Gasteiger partial charge >= 0.3 is 0 Å². The quantitative estimate of drug-likeness (QED) is 0.0856. The molecule has 0 unspecified atom stereocenters. The van der Waals surface area contributed by atoms with Crippen LogP contribution < -0.4 is 0 Å². The van der Waals surface area contributed by atoms with E-state index in [0.717, 1.165) is 0 Å². The Bertz CT molecular complexity index is 384. The first-order valence-corrected chi connectivity index (χ1v) is 16.7. The molecule has 0 aromatic carbocycles. The number of hydrogen-bond donors (Lipinski definition) is 0. The van der Waals surface area contributed by atoms with Crippen LogP contribution >= 0.6 is 0 Å². The van der Waals surface area contributed by atoms with Crippen molar-refractivity contribution in [3.8, 4) is 0 Å². The average Bonchev–Trinajstić information content (AvgIpc) is 2.86. The van der Waals surface area contributed by atoms with Gasteiger partial charge in [0.1, 0.15) is 0 Å². The van der Waals surface area contributed by atoms with Crippen LogP contribution in [0.3, 0.4) is 0 Å². The van der Waals surface area contributed by atoms with Gasteiger partial charge in [0.2, 0.25) is 0 Å². The normalized spacial score (nSPS) is 15.7. The van der Waals surface area contributed by atoms with E-state index in [1.807, 2.05) is 0 Å². The highest BCUT2D eigenvalue weighted by atomic mass is 15.3. The Morgan fingerprint density at radius 1 is 0.324 bits per heavy atom. The Morgan fingerprint density at radius 2 is 0.588 bits per heavy atom. The highest BCUT2D eigenvalue weighted by Crippen LogP contribution is 2.23. The van der Waals surface area contributed by atoms with E-state index in [2.05, 4.69) is 13.8 Å². The Morgan fingerprint density at radius 3 is 0.882 bits per heavy atom. The molecule has 0 radical (unpaired) electrons. The molecule has 0 saturated carbocycles. The molecule has 1 heterocycles. The molecule has 34 heavy (non-hydrogen) atoms. The minimum Gasteiger partial charge on any atom is -0.324 e. The van der Waals surface area contributed by atoms with Crippen molar-refractivity contribution in [2.24, 2.45) is 0 Å². The number of likely N-dealkylation sites (tertiary alicyclic amines) is 1. The summed E-state index contributed by atoms with van der Waals surface area (Å²) in [4.78, 5) is 0.